The number of pyridine rings is 1. The first-order chi connectivity index (χ1) is 11.1. The molecule has 0 saturated heterocycles. The van der Waals surface area contributed by atoms with Crippen LogP contribution in [0.4, 0.5) is 4.39 Å². The number of ether oxygens (including phenoxy) is 1. The monoisotopic (exact) mass is 315 g/mol. The number of aromatic hydroxyl groups is 1. The standard InChI is InChI=1S/C16H10FNO5/c17-12-6-18-15(11-4-2-1-3-10(11)12)16(21)23-7-9-5-13(19)14(20)8-22-9/h1-6,8,20H,7H2. The van der Waals surface area contributed by atoms with Crippen LogP contribution in [-0.2, 0) is 11.3 Å². The summed E-state index contributed by atoms with van der Waals surface area (Å²) < 4.78 is 23.6. The number of benzene rings is 1. The molecule has 2 aromatic heterocycles. The maximum atomic E-state index is 13.7. The number of carbonyl (C=O) groups excluding carboxylic acids is 1. The van der Waals surface area contributed by atoms with E-state index in [0.717, 1.165) is 18.5 Å². The number of nitrogens with zero attached hydrogens (tertiary/aromatic N) is 1. The molecule has 6 nitrogen and oxygen atoms in total. The topological polar surface area (TPSA) is 89.6 Å². The van der Waals surface area contributed by atoms with Crippen molar-refractivity contribution in [1.29, 1.82) is 0 Å². The molecule has 1 N–H and O–H groups in total. The molecule has 2 heterocycles. The summed E-state index contributed by atoms with van der Waals surface area (Å²) in [7, 11) is 0. The molecular weight excluding hydrogens is 305 g/mol. The Labute approximate surface area is 128 Å². The van der Waals surface area contributed by atoms with Crippen molar-refractivity contribution in [3.05, 3.63) is 70.3 Å². The number of hydrogen-bond acceptors (Lipinski definition) is 6. The highest BCUT2D eigenvalue weighted by molar-refractivity contribution is 6.02. The zero-order valence-corrected chi connectivity index (χ0v) is 11.7. The third-order valence-electron chi connectivity index (χ3n) is 3.15. The molecule has 0 aliphatic carbocycles. The molecule has 0 spiro atoms. The molecule has 0 unspecified atom stereocenters. The fourth-order valence-corrected chi connectivity index (χ4v) is 2.05. The van der Waals surface area contributed by atoms with Gasteiger partial charge in [0.15, 0.2) is 11.4 Å². The van der Waals surface area contributed by atoms with Gasteiger partial charge in [0.25, 0.3) is 0 Å². The Morgan fingerprint density at radius 2 is 2.04 bits per heavy atom. The maximum absolute atomic E-state index is 13.7. The minimum Gasteiger partial charge on any atom is -0.502 e. The van der Waals surface area contributed by atoms with Crippen LogP contribution in [-0.4, -0.2) is 16.1 Å². The number of carbonyl (C=O) groups is 1. The molecule has 3 aromatic rings. The minimum absolute atomic E-state index is 0.0388. The quantitative estimate of drug-likeness (QED) is 0.746. The number of aromatic nitrogens is 1. The van der Waals surface area contributed by atoms with Gasteiger partial charge in [0.2, 0.25) is 5.43 Å². The Morgan fingerprint density at radius 1 is 1.30 bits per heavy atom. The summed E-state index contributed by atoms with van der Waals surface area (Å²) in [5, 5.41) is 9.66. The predicted molar refractivity (Wildman–Crippen MR) is 77.5 cm³/mol. The lowest BCUT2D eigenvalue weighted by atomic mass is 10.1. The molecule has 1 aromatic carbocycles. The van der Waals surface area contributed by atoms with Crippen LogP contribution in [0.3, 0.4) is 0 Å². The van der Waals surface area contributed by atoms with Crippen LogP contribution in [0.1, 0.15) is 16.2 Å². The van der Waals surface area contributed by atoms with Gasteiger partial charge in [-0.1, -0.05) is 24.3 Å². The molecule has 0 bridgehead atoms. The van der Waals surface area contributed by atoms with Crippen molar-refractivity contribution in [2.45, 2.75) is 6.61 Å². The van der Waals surface area contributed by atoms with E-state index in [4.69, 9.17) is 14.3 Å². The summed E-state index contributed by atoms with van der Waals surface area (Å²) in [4.78, 5) is 27.1. The highest BCUT2D eigenvalue weighted by Gasteiger charge is 2.16. The van der Waals surface area contributed by atoms with E-state index >= 15 is 0 Å². The van der Waals surface area contributed by atoms with E-state index in [0.29, 0.717) is 5.39 Å². The first-order valence-corrected chi connectivity index (χ1v) is 6.57. The molecular formula is C16H10FNO5. The van der Waals surface area contributed by atoms with Gasteiger partial charge in [-0.15, -0.1) is 0 Å². The highest BCUT2D eigenvalue weighted by Crippen LogP contribution is 2.20. The van der Waals surface area contributed by atoms with Gasteiger partial charge in [0, 0.05) is 16.8 Å². The van der Waals surface area contributed by atoms with Crippen molar-refractivity contribution in [1.82, 2.24) is 4.98 Å². The Bertz CT molecular complexity index is 951. The largest absolute Gasteiger partial charge is 0.502 e. The summed E-state index contributed by atoms with van der Waals surface area (Å²) in [5.74, 6) is -1.79. The number of hydrogen-bond donors (Lipinski definition) is 1. The van der Waals surface area contributed by atoms with Crippen LogP contribution in [0, 0.1) is 5.82 Å². The molecule has 0 atom stereocenters. The second-order valence-corrected chi connectivity index (χ2v) is 4.67. The zero-order valence-electron chi connectivity index (χ0n) is 11.7. The van der Waals surface area contributed by atoms with E-state index in [1.807, 2.05) is 0 Å². The van der Waals surface area contributed by atoms with Gasteiger partial charge >= 0.3 is 5.97 Å². The van der Waals surface area contributed by atoms with E-state index in [-0.39, 0.29) is 23.4 Å². The fraction of sp³-hybridized carbons (Fsp3) is 0.0625. The van der Waals surface area contributed by atoms with Crippen molar-refractivity contribution in [3.63, 3.8) is 0 Å². The SMILES string of the molecule is O=C(OCc1cc(=O)c(O)co1)c1ncc(F)c2ccccc12. The maximum Gasteiger partial charge on any atom is 0.358 e. The minimum atomic E-state index is -0.781. The summed E-state index contributed by atoms with van der Waals surface area (Å²) in [6.07, 6.45) is 1.80. The molecule has 0 radical (unpaired) electrons. The summed E-state index contributed by atoms with van der Waals surface area (Å²) >= 11 is 0. The van der Waals surface area contributed by atoms with Crippen LogP contribution >= 0.6 is 0 Å². The first kappa shape index (κ1) is 14.7. The molecule has 0 aliphatic rings. The molecule has 0 aliphatic heterocycles. The summed E-state index contributed by atoms with van der Waals surface area (Å²) in [5.41, 5.74) is -0.684. The Balaban J connectivity index is 1.85. The molecule has 0 amide bonds. The van der Waals surface area contributed by atoms with Crippen LogP contribution in [0.5, 0.6) is 5.75 Å². The number of fused-ring (bicyclic) bond motifs is 1. The van der Waals surface area contributed by atoms with E-state index < -0.39 is 23.0 Å². The predicted octanol–water partition coefficient (Wildman–Crippen LogP) is 2.39. The van der Waals surface area contributed by atoms with E-state index in [9.17, 15) is 14.0 Å². The lowest BCUT2D eigenvalue weighted by molar-refractivity contribution is 0.0438. The van der Waals surface area contributed by atoms with Gasteiger partial charge in [-0.3, -0.25) is 4.79 Å². The smallest absolute Gasteiger partial charge is 0.358 e. The molecule has 0 fully saturated rings. The molecule has 0 saturated carbocycles. The second-order valence-electron chi connectivity index (χ2n) is 4.67. The zero-order chi connectivity index (χ0) is 16.4. The molecule has 116 valence electrons. The lowest BCUT2D eigenvalue weighted by Crippen LogP contribution is -2.10. The van der Waals surface area contributed by atoms with Crippen LogP contribution in [0.15, 0.2) is 52.0 Å². The van der Waals surface area contributed by atoms with Gasteiger partial charge in [-0.05, 0) is 0 Å². The fourth-order valence-electron chi connectivity index (χ4n) is 2.05. The molecule has 7 heteroatoms. The van der Waals surface area contributed by atoms with E-state index in [1.54, 1.807) is 18.2 Å². The van der Waals surface area contributed by atoms with Gasteiger partial charge in [0.1, 0.15) is 24.4 Å². The van der Waals surface area contributed by atoms with Crippen LogP contribution in [0.2, 0.25) is 0 Å². The third kappa shape index (κ3) is 2.89. The third-order valence-corrected chi connectivity index (χ3v) is 3.15. The Hall–Kier alpha value is -3.22. The van der Waals surface area contributed by atoms with Crippen molar-refractivity contribution < 1.29 is 23.4 Å². The summed E-state index contributed by atoms with van der Waals surface area (Å²) in [6, 6.07) is 7.40. The van der Waals surface area contributed by atoms with Gasteiger partial charge in [0.05, 0.1) is 6.20 Å². The van der Waals surface area contributed by atoms with Gasteiger partial charge in [-0.2, -0.15) is 0 Å². The summed E-state index contributed by atoms with van der Waals surface area (Å²) in [6.45, 7) is -0.318. The number of halogens is 1. The van der Waals surface area contributed by atoms with Crippen molar-refractivity contribution in [3.8, 4) is 5.75 Å². The van der Waals surface area contributed by atoms with E-state index in [1.165, 1.54) is 6.07 Å². The van der Waals surface area contributed by atoms with Gasteiger partial charge in [-0.25, -0.2) is 14.2 Å². The number of rotatable bonds is 3. The highest BCUT2D eigenvalue weighted by atomic mass is 19.1. The van der Waals surface area contributed by atoms with Crippen LogP contribution < -0.4 is 5.43 Å². The van der Waals surface area contributed by atoms with E-state index in [2.05, 4.69) is 4.98 Å². The average Bonchev–Trinajstić information content (AvgIpc) is 2.56. The normalized spacial score (nSPS) is 10.7. The van der Waals surface area contributed by atoms with Crippen molar-refractivity contribution >= 4 is 16.7 Å². The molecule has 3 rings (SSSR count). The van der Waals surface area contributed by atoms with Crippen molar-refractivity contribution in [2.24, 2.45) is 0 Å². The number of esters is 1. The Morgan fingerprint density at radius 3 is 2.78 bits per heavy atom. The average molecular weight is 315 g/mol. The lowest BCUT2D eigenvalue weighted by Gasteiger charge is -2.07. The first-order valence-electron chi connectivity index (χ1n) is 6.57. The van der Waals surface area contributed by atoms with Crippen LogP contribution in [0.25, 0.3) is 10.8 Å². The second kappa shape index (κ2) is 5.88. The molecule has 23 heavy (non-hydrogen) atoms. The van der Waals surface area contributed by atoms with Gasteiger partial charge < -0.3 is 14.3 Å². The van der Waals surface area contributed by atoms with Crippen molar-refractivity contribution in [2.75, 3.05) is 0 Å². The Kier molecular flexibility index (Phi) is 3.76.